The minimum Gasteiger partial charge on any atom is -0.497 e. The first-order chi connectivity index (χ1) is 8.76. The average molecular weight is 263 g/mol. The molecule has 96 valence electrons. The Kier molecular flexibility index (Phi) is 4.15. The van der Waals surface area contributed by atoms with Gasteiger partial charge < -0.3 is 9.30 Å². The fourth-order valence-electron chi connectivity index (χ4n) is 1.80. The fourth-order valence-corrected chi connectivity index (χ4v) is 2.03. The SMILES string of the molecule is CCCCn1c(-c2ccc(OC)cc2)n[nH]c1=S. The van der Waals surface area contributed by atoms with Gasteiger partial charge in [0.25, 0.3) is 0 Å². The Balaban J connectivity index is 2.34. The van der Waals surface area contributed by atoms with Crippen molar-refractivity contribution in [3.8, 4) is 17.1 Å². The van der Waals surface area contributed by atoms with Gasteiger partial charge in [0.15, 0.2) is 10.6 Å². The number of aromatic amines is 1. The van der Waals surface area contributed by atoms with Crippen molar-refractivity contribution in [1.82, 2.24) is 14.8 Å². The maximum Gasteiger partial charge on any atom is 0.195 e. The van der Waals surface area contributed by atoms with Crippen LogP contribution in [0.1, 0.15) is 19.8 Å². The quantitative estimate of drug-likeness (QED) is 0.841. The van der Waals surface area contributed by atoms with E-state index in [2.05, 4.69) is 17.1 Å². The molecule has 0 bridgehead atoms. The van der Waals surface area contributed by atoms with Crippen LogP contribution in [0.3, 0.4) is 0 Å². The molecule has 0 saturated heterocycles. The van der Waals surface area contributed by atoms with Crippen molar-refractivity contribution < 1.29 is 4.74 Å². The maximum atomic E-state index is 5.26. The zero-order valence-electron chi connectivity index (χ0n) is 10.6. The molecule has 1 N–H and O–H groups in total. The summed E-state index contributed by atoms with van der Waals surface area (Å²) in [5, 5.41) is 7.16. The molecule has 0 amide bonds. The summed E-state index contributed by atoms with van der Waals surface area (Å²) in [6.45, 7) is 3.06. The third-order valence-corrected chi connectivity index (χ3v) is 3.15. The van der Waals surface area contributed by atoms with E-state index in [4.69, 9.17) is 17.0 Å². The standard InChI is InChI=1S/C13H17N3OS/c1-3-4-9-16-12(14-15-13(16)18)10-5-7-11(17-2)8-6-10/h5-8H,3-4,9H2,1-2H3,(H,15,18). The van der Waals surface area contributed by atoms with Crippen molar-refractivity contribution in [3.63, 3.8) is 0 Å². The number of benzene rings is 1. The summed E-state index contributed by atoms with van der Waals surface area (Å²) < 4.78 is 7.87. The van der Waals surface area contributed by atoms with Gasteiger partial charge in [-0.2, -0.15) is 5.10 Å². The minimum absolute atomic E-state index is 0.675. The summed E-state index contributed by atoms with van der Waals surface area (Å²) in [5.41, 5.74) is 1.04. The van der Waals surface area contributed by atoms with Gasteiger partial charge in [0.1, 0.15) is 5.75 Å². The molecule has 1 heterocycles. The molecule has 0 fully saturated rings. The first-order valence-electron chi connectivity index (χ1n) is 6.06. The molecule has 0 aliphatic heterocycles. The second kappa shape index (κ2) is 5.82. The van der Waals surface area contributed by atoms with Crippen LogP contribution >= 0.6 is 12.2 Å². The number of H-pyrrole nitrogens is 1. The van der Waals surface area contributed by atoms with E-state index in [0.29, 0.717) is 4.77 Å². The Morgan fingerprint density at radius 1 is 1.33 bits per heavy atom. The monoisotopic (exact) mass is 263 g/mol. The van der Waals surface area contributed by atoms with Crippen molar-refractivity contribution >= 4 is 12.2 Å². The zero-order valence-corrected chi connectivity index (χ0v) is 11.5. The number of nitrogens with zero attached hydrogens (tertiary/aromatic N) is 2. The number of unbranched alkanes of at least 4 members (excludes halogenated alkanes) is 1. The van der Waals surface area contributed by atoms with Gasteiger partial charge >= 0.3 is 0 Å². The molecule has 1 aromatic carbocycles. The molecule has 0 aliphatic rings. The summed E-state index contributed by atoms with van der Waals surface area (Å²) in [7, 11) is 1.66. The third-order valence-electron chi connectivity index (χ3n) is 2.84. The van der Waals surface area contributed by atoms with Crippen LogP contribution in [0.2, 0.25) is 0 Å². The van der Waals surface area contributed by atoms with E-state index in [1.54, 1.807) is 7.11 Å². The van der Waals surface area contributed by atoms with Crippen LogP contribution in [0.5, 0.6) is 5.75 Å². The summed E-state index contributed by atoms with van der Waals surface area (Å²) in [6, 6.07) is 7.84. The lowest BCUT2D eigenvalue weighted by molar-refractivity contribution is 0.415. The lowest BCUT2D eigenvalue weighted by Gasteiger charge is -2.06. The van der Waals surface area contributed by atoms with E-state index in [1.807, 2.05) is 28.8 Å². The zero-order chi connectivity index (χ0) is 13.0. The average Bonchev–Trinajstić information content (AvgIpc) is 2.78. The van der Waals surface area contributed by atoms with Crippen molar-refractivity contribution in [2.75, 3.05) is 7.11 Å². The second-order valence-corrected chi connectivity index (χ2v) is 4.47. The molecule has 0 aliphatic carbocycles. The molecular formula is C13H17N3OS. The molecule has 18 heavy (non-hydrogen) atoms. The summed E-state index contributed by atoms with van der Waals surface area (Å²) in [4.78, 5) is 0. The van der Waals surface area contributed by atoms with Crippen molar-refractivity contribution in [2.45, 2.75) is 26.3 Å². The minimum atomic E-state index is 0.675. The highest BCUT2D eigenvalue weighted by Crippen LogP contribution is 2.21. The number of rotatable bonds is 5. The van der Waals surface area contributed by atoms with Crippen LogP contribution < -0.4 is 4.74 Å². The number of ether oxygens (including phenoxy) is 1. The second-order valence-electron chi connectivity index (χ2n) is 4.09. The van der Waals surface area contributed by atoms with Gasteiger partial charge in [-0.1, -0.05) is 13.3 Å². The van der Waals surface area contributed by atoms with Gasteiger partial charge in [-0.15, -0.1) is 0 Å². The van der Waals surface area contributed by atoms with E-state index in [1.165, 1.54) is 0 Å². The first-order valence-corrected chi connectivity index (χ1v) is 6.46. The molecule has 0 spiro atoms. The molecule has 0 unspecified atom stereocenters. The predicted molar refractivity (Wildman–Crippen MR) is 74.3 cm³/mol. The Morgan fingerprint density at radius 2 is 2.06 bits per heavy atom. The number of hydrogen-bond donors (Lipinski definition) is 1. The Hall–Kier alpha value is -1.62. The summed E-state index contributed by atoms with van der Waals surface area (Å²) in [6.07, 6.45) is 2.23. The van der Waals surface area contributed by atoms with Gasteiger partial charge in [0, 0.05) is 12.1 Å². The smallest absolute Gasteiger partial charge is 0.195 e. The first kappa shape index (κ1) is 12.8. The molecule has 2 aromatic rings. The van der Waals surface area contributed by atoms with Crippen LogP contribution in [0.25, 0.3) is 11.4 Å². The third kappa shape index (κ3) is 2.61. The number of aromatic nitrogens is 3. The van der Waals surface area contributed by atoms with Crippen LogP contribution in [0.4, 0.5) is 0 Å². The number of hydrogen-bond acceptors (Lipinski definition) is 3. The van der Waals surface area contributed by atoms with E-state index >= 15 is 0 Å². The molecule has 1 aromatic heterocycles. The van der Waals surface area contributed by atoms with Gasteiger partial charge in [0.05, 0.1) is 7.11 Å². The Labute approximate surface area is 112 Å². The van der Waals surface area contributed by atoms with E-state index in [-0.39, 0.29) is 0 Å². The maximum absolute atomic E-state index is 5.26. The number of nitrogens with one attached hydrogen (secondary N) is 1. The molecule has 2 rings (SSSR count). The van der Waals surface area contributed by atoms with Gasteiger partial charge in [-0.25, -0.2) is 0 Å². The lowest BCUT2D eigenvalue weighted by Crippen LogP contribution is -2.00. The van der Waals surface area contributed by atoms with E-state index < -0.39 is 0 Å². The summed E-state index contributed by atoms with van der Waals surface area (Å²) in [5.74, 6) is 1.73. The molecule has 5 heteroatoms. The molecule has 0 radical (unpaired) electrons. The van der Waals surface area contributed by atoms with E-state index in [0.717, 1.165) is 36.5 Å². The van der Waals surface area contributed by atoms with Gasteiger partial charge in [0.2, 0.25) is 0 Å². The lowest BCUT2D eigenvalue weighted by atomic mass is 10.2. The summed E-state index contributed by atoms with van der Waals surface area (Å²) >= 11 is 5.26. The fraction of sp³-hybridized carbons (Fsp3) is 0.385. The predicted octanol–water partition coefficient (Wildman–Crippen LogP) is 3.42. The molecule has 0 atom stereocenters. The Bertz CT molecular complexity index is 556. The van der Waals surface area contributed by atoms with Gasteiger partial charge in [-0.3, -0.25) is 5.10 Å². The highest BCUT2D eigenvalue weighted by molar-refractivity contribution is 7.71. The van der Waals surface area contributed by atoms with Crippen LogP contribution in [0, 0.1) is 4.77 Å². The molecular weight excluding hydrogens is 246 g/mol. The topological polar surface area (TPSA) is 42.8 Å². The Morgan fingerprint density at radius 3 is 2.67 bits per heavy atom. The largest absolute Gasteiger partial charge is 0.497 e. The van der Waals surface area contributed by atoms with Crippen molar-refractivity contribution in [3.05, 3.63) is 29.0 Å². The normalized spacial score (nSPS) is 10.6. The van der Waals surface area contributed by atoms with Crippen LogP contribution in [0.15, 0.2) is 24.3 Å². The van der Waals surface area contributed by atoms with Crippen molar-refractivity contribution in [1.29, 1.82) is 0 Å². The van der Waals surface area contributed by atoms with Crippen molar-refractivity contribution in [2.24, 2.45) is 0 Å². The molecule has 0 saturated carbocycles. The van der Waals surface area contributed by atoms with E-state index in [9.17, 15) is 0 Å². The van der Waals surface area contributed by atoms with Gasteiger partial charge in [-0.05, 0) is 42.9 Å². The van der Waals surface area contributed by atoms with Crippen LogP contribution in [-0.2, 0) is 6.54 Å². The molecule has 4 nitrogen and oxygen atoms in total. The number of methoxy groups -OCH3 is 1. The van der Waals surface area contributed by atoms with Crippen LogP contribution in [-0.4, -0.2) is 21.9 Å². The highest BCUT2D eigenvalue weighted by atomic mass is 32.1. The highest BCUT2D eigenvalue weighted by Gasteiger charge is 2.08.